The molecule has 1 aromatic rings. The number of rotatable bonds is 9. The predicted octanol–water partition coefficient (Wildman–Crippen LogP) is 3.91. The average molecular weight is 274 g/mol. The maximum atomic E-state index is 3.76. The van der Waals surface area contributed by atoms with Crippen LogP contribution in [0.2, 0.25) is 0 Å². The van der Waals surface area contributed by atoms with Crippen LogP contribution in [-0.4, -0.2) is 30.6 Å². The first-order chi connectivity index (χ1) is 9.76. The van der Waals surface area contributed by atoms with Gasteiger partial charge in [0, 0.05) is 18.6 Å². The fraction of sp³-hybridized carbons (Fsp3) is 0.667. The monoisotopic (exact) mass is 274 g/mol. The molecule has 0 amide bonds. The third-order valence-corrected chi connectivity index (χ3v) is 4.20. The quantitative estimate of drug-likeness (QED) is 0.734. The molecule has 0 aliphatic heterocycles. The second kappa shape index (κ2) is 7.80. The van der Waals surface area contributed by atoms with Crippen molar-refractivity contribution in [2.24, 2.45) is 0 Å². The highest BCUT2D eigenvalue weighted by Crippen LogP contribution is 2.29. The van der Waals surface area contributed by atoms with Gasteiger partial charge < -0.3 is 5.32 Å². The van der Waals surface area contributed by atoms with E-state index in [0.29, 0.717) is 6.04 Å². The van der Waals surface area contributed by atoms with Gasteiger partial charge in [-0.2, -0.15) is 0 Å². The summed E-state index contributed by atoms with van der Waals surface area (Å²) in [6.45, 7) is 10.3. The summed E-state index contributed by atoms with van der Waals surface area (Å²) in [5.41, 5.74) is 2.89. The molecule has 2 nitrogen and oxygen atoms in total. The van der Waals surface area contributed by atoms with Crippen molar-refractivity contribution in [1.82, 2.24) is 10.2 Å². The van der Waals surface area contributed by atoms with Crippen molar-refractivity contribution in [1.29, 1.82) is 0 Å². The van der Waals surface area contributed by atoms with Crippen LogP contribution < -0.4 is 5.32 Å². The molecule has 0 aromatic heterocycles. The molecule has 1 aromatic carbocycles. The molecule has 1 N–H and O–H groups in total. The van der Waals surface area contributed by atoms with E-state index in [1.807, 2.05) is 0 Å². The molecular weight excluding hydrogens is 244 g/mol. The Morgan fingerprint density at radius 1 is 1.20 bits per heavy atom. The van der Waals surface area contributed by atoms with Gasteiger partial charge in [-0.15, -0.1) is 0 Å². The minimum Gasteiger partial charge on any atom is -0.309 e. The molecule has 2 heteroatoms. The van der Waals surface area contributed by atoms with Gasteiger partial charge in [-0.3, -0.25) is 4.90 Å². The summed E-state index contributed by atoms with van der Waals surface area (Å²) in [5.74, 6) is 0. The molecule has 2 rings (SSSR count). The van der Waals surface area contributed by atoms with Gasteiger partial charge in [0.25, 0.3) is 0 Å². The zero-order valence-electron chi connectivity index (χ0n) is 13.4. The summed E-state index contributed by atoms with van der Waals surface area (Å²) in [5, 5.41) is 3.76. The second-order valence-corrected chi connectivity index (χ2v) is 6.09. The Bertz CT molecular complexity index is 398. The van der Waals surface area contributed by atoms with Gasteiger partial charge >= 0.3 is 0 Å². The summed E-state index contributed by atoms with van der Waals surface area (Å²) in [6.07, 6.45) is 5.24. The number of benzene rings is 1. The highest BCUT2D eigenvalue weighted by Gasteiger charge is 2.30. The SMILES string of the molecule is CCCNC(CN(CCC)C1CC1)c1ccccc1C. The van der Waals surface area contributed by atoms with Crippen LogP contribution in [0, 0.1) is 6.92 Å². The zero-order chi connectivity index (χ0) is 14.4. The van der Waals surface area contributed by atoms with Crippen LogP contribution in [0.1, 0.15) is 56.7 Å². The zero-order valence-corrected chi connectivity index (χ0v) is 13.4. The van der Waals surface area contributed by atoms with Gasteiger partial charge in [0.05, 0.1) is 0 Å². The molecule has 20 heavy (non-hydrogen) atoms. The summed E-state index contributed by atoms with van der Waals surface area (Å²) in [4.78, 5) is 2.69. The molecule has 0 heterocycles. The van der Waals surface area contributed by atoms with Crippen molar-refractivity contribution >= 4 is 0 Å². The van der Waals surface area contributed by atoms with Crippen LogP contribution in [0.3, 0.4) is 0 Å². The Morgan fingerprint density at radius 2 is 1.95 bits per heavy atom. The van der Waals surface area contributed by atoms with Crippen LogP contribution in [0.5, 0.6) is 0 Å². The van der Waals surface area contributed by atoms with Gasteiger partial charge in [0.15, 0.2) is 0 Å². The van der Waals surface area contributed by atoms with E-state index in [1.165, 1.54) is 43.4 Å². The largest absolute Gasteiger partial charge is 0.309 e. The number of aryl methyl sites for hydroxylation is 1. The van der Waals surface area contributed by atoms with E-state index in [-0.39, 0.29) is 0 Å². The molecule has 1 fully saturated rings. The van der Waals surface area contributed by atoms with Crippen LogP contribution in [0.25, 0.3) is 0 Å². The number of nitrogens with zero attached hydrogens (tertiary/aromatic N) is 1. The minimum atomic E-state index is 0.475. The van der Waals surface area contributed by atoms with Gasteiger partial charge in [0.1, 0.15) is 0 Å². The first kappa shape index (κ1) is 15.5. The van der Waals surface area contributed by atoms with Crippen molar-refractivity contribution in [3.63, 3.8) is 0 Å². The van der Waals surface area contributed by atoms with Crippen LogP contribution in [0.4, 0.5) is 0 Å². The van der Waals surface area contributed by atoms with Crippen molar-refractivity contribution in [2.75, 3.05) is 19.6 Å². The van der Waals surface area contributed by atoms with E-state index in [0.717, 1.165) is 19.1 Å². The number of hydrogen-bond acceptors (Lipinski definition) is 2. The van der Waals surface area contributed by atoms with Crippen LogP contribution in [0.15, 0.2) is 24.3 Å². The van der Waals surface area contributed by atoms with Crippen LogP contribution >= 0.6 is 0 Å². The molecular formula is C18H30N2. The maximum absolute atomic E-state index is 3.76. The highest BCUT2D eigenvalue weighted by molar-refractivity contribution is 5.29. The molecule has 0 spiro atoms. The van der Waals surface area contributed by atoms with Gasteiger partial charge in [-0.05, 0) is 56.8 Å². The fourth-order valence-electron chi connectivity index (χ4n) is 2.95. The predicted molar refractivity (Wildman–Crippen MR) is 87.1 cm³/mol. The summed E-state index contributed by atoms with van der Waals surface area (Å²) in [6, 6.07) is 10.2. The molecule has 1 saturated carbocycles. The third-order valence-electron chi connectivity index (χ3n) is 4.20. The van der Waals surface area contributed by atoms with Gasteiger partial charge in [-0.1, -0.05) is 38.1 Å². The molecule has 1 unspecified atom stereocenters. The molecule has 1 aliphatic carbocycles. The lowest BCUT2D eigenvalue weighted by molar-refractivity contribution is 0.233. The third kappa shape index (κ3) is 4.32. The second-order valence-electron chi connectivity index (χ2n) is 6.09. The van der Waals surface area contributed by atoms with Crippen LogP contribution in [-0.2, 0) is 0 Å². The molecule has 0 radical (unpaired) electrons. The lowest BCUT2D eigenvalue weighted by atomic mass is 10.0. The minimum absolute atomic E-state index is 0.475. The van der Waals surface area contributed by atoms with E-state index >= 15 is 0 Å². The Balaban J connectivity index is 2.08. The van der Waals surface area contributed by atoms with E-state index in [4.69, 9.17) is 0 Å². The molecule has 1 atom stereocenters. The van der Waals surface area contributed by atoms with Gasteiger partial charge in [-0.25, -0.2) is 0 Å². The van der Waals surface area contributed by atoms with Crippen molar-refractivity contribution < 1.29 is 0 Å². The molecule has 0 saturated heterocycles. The van der Waals surface area contributed by atoms with Gasteiger partial charge in [0.2, 0.25) is 0 Å². The molecule has 0 bridgehead atoms. The molecule has 112 valence electrons. The number of nitrogens with one attached hydrogen (secondary N) is 1. The van der Waals surface area contributed by atoms with Crippen molar-refractivity contribution in [3.8, 4) is 0 Å². The fourth-order valence-corrected chi connectivity index (χ4v) is 2.95. The Kier molecular flexibility index (Phi) is 6.06. The summed E-state index contributed by atoms with van der Waals surface area (Å²) >= 11 is 0. The van der Waals surface area contributed by atoms with E-state index in [1.54, 1.807) is 0 Å². The van der Waals surface area contributed by atoms with E-state index in [9.17, 15) is 0 Å². The maximum Gasteiger partial charge on any atom is 0.0452 e. The topological polar surface area (TPSA) is 15.3 Å². The van der Waals surface area contributed by atoms with Crippen molar-refractivity contribution in [2.45, 2.75) is 58.5 Å². The number of hydrogen-bond donors (Lipinski definition) is 1. The Labute approximate surface area is 124 Å². The first-order valence-corrected chi connectivity index (χ1v) is 8.29. The van der Waals surface area contributed by atoms with E-state index < -0.39 is 0 Å². The Hall–Kier alpha value is -0.860. The smallest absolute Gasteiger partial charge is 0.0452 e. The standard InChI is InChI=1S/C18H30N2/c1-4-12-19-18(17-9-7-6-8-15(17)3)14-20(13-5-2)16-10-11-16/h6-9,16,18-19H,4-5,10-14H2,1-3H3. The molecule has 1 aliphatic rings. The lowest BCUT2D eigenvalue weighted by Gasteiger charge is -2.29. The summed E-state index contributed by atoms with van der Waals surface area (Å²) < 4.78 is 0. The average Bonchev–Trinajstić information content (AvgIpc) is 3.28. The Morgan fingerprint density at radius 3 is 2.55 bits per heavy atom. The summed E-state index contributed by atoms with van der Waals surface area (Å²) in [7, 11) is 0. The lowest BCUT2D eigenvalue weighted by Crippen LogP contribution is -2.37. The van der Waals surface area contributed by atoms with E-state index in [2.05, 4.69) is 55.3 Å². The van der Waals surface area contributed by atoms with Crippen molar-refractivity contribution in [3.05, 3.63) is 35.4 Å². The highest BCUT2D eigenvalue weighted by atomic mass is 15.2. The normalized spacial score (nSPS) is 16.6. The first-order valence-electron chi connectivity index (χ1n) is 8.29.